The second kappa shape index (κ2) is 9.06. The fourth-order valence-corrected chi connectivity index (χ4v) is 4.24. The molecule has 0 bridgehead atoms. The number of nitrogens with one attached hydrogen (secondary N) is 1. The summed E-state index contributed by atoms with van der Waals surface area (Å²) >= 11 is 1.60. The van der Waals surface area contributed by atoms with Crippen LogP contribution in [0.15, 0.2) is 106 Å². The first kappa shape index (κ1) is 20.6. The lowest BCUT2D eigenvalue weighted by molar-refractivity contribution is -0.111. The quantitative estimate of drug-likeness (QED) is 0.322. The normalized spacial score (nSPS) is 11.2. The number of amides is 1. The van der Waals surface area contributed by atoms with Gasteiger partial charge in [-0.2, -0.15) is 0 Å². The van der Waals surface area contributed by atoms with Crippen molar-refractivity contribution in [3.63, 3.8) is 0 Å². The second-order valence-corrected chi connectivity index (χ2v) is 8.18. The molecule has 5 rings (SSSR count). The topological polar surface area (TPSA) is 72.2 Å². The average molecular weight is 451 g/mol. The van der Waals surface area contributed by atoms with Gasteiger partial charge in [-0.1, -0.05) is 54.6 Å². The Hall–Kier alpha value is -4.29. The highest BCUT2D eigenvalue weighted by molar-refractivity contribution is 7.13. The Balaban J connectivity index is 1.27. The molecule has 6 heteroatoms. The summed E-state index contributed by atoms with van der Waals surface area (Å²) in [6.45, 7) is 0. The first-order chi connectivity index (χ1) is 16.2. The average Bonchev–Trinajstić information content (AvgIpc) is 3.35. The molecule has 0 fully saturated rings. The van der Waals surface area contributed by atoms with Crippen molar-refractivity contribution in [1.82, 2.24) is 4.98 Å². The number of para-hydroxylation sites is 1. The highest BCUT2D eigenvalue weighted by Gasteiger charge is 2.08. The maximum absolute atomic E-state index is 12.5. The first-order valence-electron chi connectivity index (χ1n) is 10.3. The van der Waals surface area contributed by atoms with Gasteiger partial charge in [0.2, 0.25) is 5.91 Å². The van der Waals surface area contributed by atoms with E-state index in [4.69, 9.17) is 9.40 Å². The zero-order valence-corrected chi connectivity index (χ0v) is 18.2. The summed E-state index contributed by atoms with van der Waals surface area (Å²) in [5.41, 5.74) is 4.25. The Morgan fingerprint density at radius 3 is 2.48 bits per heavy atom. The van der Waals surface area contributed by atoms with E-state index in [1.54, 1.807) is 35.6 Å². The third-order valence-corrected chi connectivity index (χ3v) is 5.99. The van der Waals surface area contributed by atoms with Crippen LogP contribution in [0.1, 0.15) is 5.56 Å². The highest BCUT2D eigenvalue weighted by atomic mass is 32.1. The third kappa shape index (κ3) is 4.51. The highest BCUT2D eigenvalue weighted by Crippen LogP contribution is 2.29. The molecule has 2 aromatic heterocycles. The van der Waals surface area contributed by atoms with Gasteiger partial charge in [0.25, 0.3) is 0 Å². The van der Waals surface area contributed by atoms with Gasteiger partial charge in [-0.25, -0.2) is 4.98 Å². The number of hydrogen-bond donors (Lipinski definition) is 1. The largest absolute Gasteiger partial charge is 0.463 e. The SMILES string of the molecule is O=C(/C=C/c1coc2ccccc2c1=O)Nc1ccc(-c2csc(-c3ccccc3)n2)cc1. The number of carbonyl (C=O) groups excluding carboxylic acids is 1. The van der Waals surface area contributed by atoms with Gasteiger partial charge in [0.05, 0.1) is 16.6 Å². The molecule has 0 radical (unpaired) electrons. The molecular formula is C27H18N2O3S. The van der Waals surface area contributed by atoms with Crippen molar-refractivity contribution in [2.24, 2.45) is 0 Å². The molecule has 0 unspecified atom stereocenters. The number of benzene rings is 3. The van der Waals surface area contributed by atoms with Crippen LogP contribution < -0.4 is 10.7 Å². The molecule has 0 spiro atoms. The molecule has 0 atom stereocenters. The first-order valence-corrected chi connectivity index (χ1v) is 11.2. The van der Waals surface area contributed by atoms with Gasteiger partial charge in [-0.15, -0.1) is 11.3 Å². The molecule has 1 N–H and O–H groups in total. The predicted octanol–water partition coefficient (Wildman–Crippen LogP) is 6.24. The van der Waals surface area contributed by atoms with Crippen LogP contribution in [0, 0.1) is 0 Å². The Morgan fingerprint density at radius 2 is 1.67 bits per heavy atom. The summed E-state index contributed by atoms with van der Waals surface area (Å²) < 4.78 is 5.47. The molecule has 2 heterocycles. The Bertz CT molecular complexity index is 1520. The number of thiazole rings is 1. The molecule has 0 saturated heterocycles. The Morgan fingerprint density at radius 1 is 0.909 bits per heavy atom. The van der Waals surface area contributed by atoms with Crippen molar-refractivity contribution < 1.29 is 9.21 Å². The molecule has 160 valence electrons. The van der Waals surface area contributed by atoms with E-state index in [1.165, 1.54) is 18.4 Å². The summed E-state index contributed by atoms with van der Waals surface area (Å²) in [5.74, 6) is -0.338. The van der Waals surface area contributed by atoms with E-state index < -0.39 is 0 Å². The minimum atomic E-state index is -0.338. The van der Waals surface area contributed by atoms with Gasteiger partial charge in [0.1, 0.15) is 16.9 Å². The fourth-order valence-electron chi connectivity index (χ4n) is 3.40. The number of rotatable bonds is 5. The molecule has 5 nitrogen and oxygen atoms in total. The molecule has 33 heavy (non-hydrogen) atoms. The molecule has 3 aromatic carbocycles. The molecule has 0 saturated carbocycles. The smallest absolute Gasteiger partial charge is 0.248 e. The van der Waals surface area contributed by atoms with Gasteiger partial charge >= 0.3 is 0 Å². The van der Waals surface area contributed by atoms with E-state index in [0.29, 0.717) is 22.2 Å². The summed E-state index contributed by atoms with van der Waals surface area (Å²) in [4.78, 5) is 29.6. The van der Waals surface area contributed by atoms with E-state index >= 15 is 0 Å². The van der Waals surface area contributed by atoms with Crippen LogP contribution in [0.2, 0.25) is 0 Å². The van der Waals surface area contributed by atoms with E-state index in [0.717, 1.165) is 21.8 Å². The molecular weight excluding hydrogens is 432 g/mol. The number of aromatic nitrogens is 1. The number of anilines is 1. The lowest BCUT2D eigenvalue weighted by atomic mass is 10.1. The van der Waals surface area contributed by atoms with Crippen LogP contribution in [0.3, 0.4) is 0 Å². The maximum Gasteiger partial charge on any atom is 0.248 e. The van der Waals surface area contributed by atoms with Crippen LogP contribution in [0.25, 0.3) is 38.9 Å². The maximum atomic E-state index is 12.5. The number of carbonyl (C=O) groups is 1. The van der Waals surface area contributed by atoms with Crippen LogP contribution in [0.5, 0.6) is 0 Å². The number of hydrogen-bond acceptors (Lipinski definition) is 5. The minimum Gasteiger partial charge on any atom is -0.463 e. The molecule has 5 aromatic rings. The van der Waals surface area contributed by atoms with Crippen LogP contribution in [0.4, 0.5) is 5.69 Å². The van der Waals surface area contributed by atoms with E-state index in [1.807, 2.05) is 60.0 Å². The minimum absolute atomic E-state index is 0.177. The van der Waals surface area contributed by atoms with Gasteiger partial charge in [0.15, 0.2) is 5.43 Å². The van der Waals surface area contributed by atoms with Crippen molar-refractivity contribution in [2.75, 3.05) is 5.32 Å². The number of fused-ring (bicyclic) bond motifs is 1. The van der Waals surface area contributed by atoms with E-state index in [9.17, 15) is 9.59 Å². The van der Waals surface area contributed by atoms with Gasteiger partial charge < -0.3 is 9.73 Å². The van der Waals surface area contributed by atoms with Crippen molar-refractivity contribution >= 4 is 40.0 Å². The molecule has 0 aliphatic carbocycles. The second-order valence-electron chi connectivity index (χ2n) is 7.32. The zero-order valence-electron chi connectivity index (χ0n) is 17.4. The summed E-state index contributed by atoms with van der Waals surface area (Å²) in [5, 5.41) is 6.27. The van der Waals surface area contributed by atoms with E-state index in [2.05, 4.69) is 5.32 Å². The van der Waals surface area contributed by atoms with Crippen LogP contribution in [-0.2, 0) is 4.79 Å². The molecule has 1 amide bonds. The fraction of sp³-hybridized carbons (Fsp3) is 0. The lowest BCUT2D eigenvalue weighted by Gasteiger charge is -2.03. The van der Waals surface area contributed by atoms with E-state index in [-0.39, 0.29) is 11.3 Å². The Kier molecular flexibility index (Phi) is 5.66. The lowest BCUT2D eigenvalue weighted by Crippen LogP contribution is -2.09. The van der Waals surface area contributed by atoms with Crippen LogP contribution >= 0.6 is 11.3 Å². The van der Waals surface area contributed by atoms with Gasteiger partial charge in [-0.3, -0.25) is 9.59 Å². The van der Waals surface area contributed by atoms with Crippen molar-refractivity contribution in [2.45, 2.75) is 0 Å². The van der Waals surface area contributed by atoms with Crippen molar-refractivity contribution in [1.29, 1.82) is 0 Å². The predicted molar refractivity (Wildman–Crippen MR) is 133 cm³/mol. The molecule has 0 aliphatic rings. The van der Waals surface area contributed by atoms with Gasteiger partial charge in [-0.05, 0) is 30.3 Å². The van der Waals surface area contributed by atoms with Gasteiger partial charge in [0, 0.05) is 28.3 Å². The van der Waals surface area contributed by atoms with Crippen molar-refractivity contribution in [3.8, 4) is 21.8 Å². The summed E-state index contributed by atoms with van der Waals surface area (Å²) in [6.07, 6.45) is 4.14. The monoisotopic (exact) mass is 450 g/mol. The zero-order chi connectivity index (χ0) is 22.6. The summed E-state index contributed by atoms with van der Waals surface area (Å²) in [7, 11) is 0. The summed E-state index contributed by atoms with van der Waals surface area (Å²) in [6, 6.07) is 24.5. The Labute approximate surface area is 193 Å². The molecule has 0 aliphatic heterocycles. The van der Waals surface area contributed by atoms with Crippen LogP contribution in [-0.4, -0.2) is 10.9 Å². The standard InChI is InChI=1S/C27H18N2O3S/c30-25(15-12-20-16-32-24-9-5-4-8-22(24)26(20)31)28-21-13-10-18(11-14-21)23-17-33-27(29-23)19-6-2-1-3-7-19/h1-17H,(H,28,30)/b15-12+. The third-order valence-electron chi connectivity index (χ3n) is 5.09. The number of nitrogens with zero attached hydrogens (tertiary/aromatic N) is 1. The van der Waals surface area contributed by atoms with Crippen molar-refractivity contribution in [3.05, 3.63) is 112 Å².